The third-order valence-corrected chi connectivity index (χ3v) is 3.02. The Kier molecular flexibility index (Phi) is 1.34. The lowest BCUT2D eigenvalue weighted by atomic mass is 10.2. The summed E-state index contributed by atoms with van der Waals surface area (Å²) < 4.78 is 1.28. The highest BCUT2D eigenvalue weighted by molar-refractivity contribution is 7.18. The van der Waals surface area contributed by atoms with Gasteiger partial charge in [-0.05, 0) is 23.6 Å². The van der Waals surface area contributed by atoms with Crippen LogP contribution < -0.4 is 0 Å². The number of aromatic nitrogens is 2. The molecule has 3 heterocycles. The van der Waals surface area contributed by atoms with Gasteiger partial charge in [-0.2, -0.15) is 0 Å². The van der Waals surface area contributed by atoms with E-state index >= 15 is 0 Å². The van der Waals surface area contributed by atoms with Crippen LogP contribution in [0.25, 0.3) is 21.1 Å². The molecule has 0 saturated heterocycles. The van der Waals surface area contributed by atoms with Crippen LogP contribution in [0.5, 0.6) is 0 Å². The van der Waals surface area contributed by atoms with Crippen molar-refractivity contribution in [3.63, 3.8) is 0 Å². The first-order valence-corrected chi connectivity index (χ1v) is 4.90. The highest BCUT2D eigenvalue weighted by atomic mass is 32.1. The minimum Gasteiger partial charge on any atom is -0.237 e. The number of rotatable bonds is 0. The molecule has 0 aromatic carbocycles. The van der Waals surface area contributed by atoms with Crippen molar-refractivity contribution in [3.8, 4) is 0 Å². The molecule has 0 N–H and O–H groups in total. The zero-order valence-corrected chi connectivity index (χ0v) is 7.58. The second kappa shape index (κ2) is 2.50. The van der Waals surface area contributed by atoms with Crippen LogP contribution in [0.15, 0.2) is 36.0 Å². The number of nitrogens with zero attached hydrogens (tertiary/aromatic N) is 2. The van der Waals surface area contributed by atoms with Crippen LogP contribution in [0.3, 0.4) is 0 Å². The summed E-state index contributed by atoms with van der Waals surface area (Å²) in [5, 5.41) is 4.43. The molecule has 2 nitrogen and oxygen atoms in total. The smallest absolute Gasteiger partial charge is 0.160 e. The van der Waals surface area contributed by atoms with E-state index in [-0.39, 0.29) is 0 Å². The predicted octanol–water partition coefficient (Wildman–Crippen LogP) is 2.84. The summed E-state index contributed by atoms with van der Waals surface area (Å²) in [5.74, 6) is 0. The highest BCUT2D eigenvalue weighted by Crippen LogP contribution is 2.26. The van der Waals surface area contributed by atoms with Gasteiger partial charge < -0.3 is 0 Å². The molecule has 0 atom stereocenters. The third-order valence-electron chi connectivity index (χ3n) is 2.05. The quantitative estimate of drug-likeness (QED) is 0.539. The van der Waals surface area contributed by atoms with E-state index in [0.717, 1.165) is 11.0 Å². The molecule has 0 aliphatic rings. The predicted molar refractivity (Wildman–Crippen MR) is 54.9 cm³/mol. The number of pyridine rings is 2. The topological polar surface area (TPSA) is 25.8 Å². The van der Waals surface area contributed by atoms with E-state index in [1.54, 1.807) is 17.5 Å². The molecular weight excluding hydrogens is 180 g/mol. The summed E-state index contributed by atoms with van der Waals surface area (Å²) in [7, 11) is 0. The van der Waals surface area contributed by atoms with Crippen molar-refractivity contribution in [2.75, 3.05) is 0 Å². The summed E-state index contributed by atoms with van der Waals surface area (Å²) >= 11 is 1.74. The Bertz CT molecular complexity index is 571. The normalized spacial score (nSPS) is 11.1. The van der Waals surface area contributed by atoms with Crippen LogP contribution in [0.2, 0.25) is 0 Å². The van der Waals surface area contributed by atoms with Gasteiger partial charge in [-0.15, -0.1) is 11.3 Å². The van der Waals surface area contributed by atoms with Crippen molar-refractivity contribution in [1.82, 2.24) is 9.97 Å². The molecule has 0 aliphatic heterocycles. The molecular formula is C10H6N2S. The number of thiophene rings is 1. The number of hydrogen-bond acceptors (Lipinski definition) is 3. The van der Waals surface area contributed by atoms with Gasteiger partial charge in [-0.25, -0.2) is 9.97 Å². The molecule has 3 aromatic rings. The fourth-order valence-electron chi connectivity index (χ4n) is 1.45. The lowest BCUT2D eigenvalue weighted by Crippen LogP contribution is -1.80. The van der Waals surface area contributed by atoms with Crippen molar-refractivity contribution >= 4 is 32.5 Å². The summed E-state index contributed by atoms with van der Waals surface area (Å²) in [5.41, 5.74) is 0.831. The van der Waals surface area contributed by atoms with E-state index < -0.39 is 0 Å². The van der Waals surface area contributed by atoms with Crippen molar-refractivity contribution in [2.45, 2.75) is 0 Å². The molecule has 0 bridgehead atoms. The molecule has 0 fully saturated rings. The van der Waals surface area contributed by atoms with Gasteiger partial charge in [-0.1, -0.05) is 0 Å². The average Bonchev–Trinajstić information content (AvgIpc) is 2.65. The first-order chi connectivity index (χ1) is 6.45. The molecule has 3 rings (SSSR count). The van der Waals surface area contributed by atoms with Gasteiger partial charge >= 0.3 is 0 Å². The molecule has 0 radical (unpaired) electrons. The Hall–Kier alpha value is -1.48. The van der Waals surface area contributed by atoms with Crippen molar-refractivity contribution in [2.24, 2.45) is 0 Å². The first kappa shape index (κ1) is 6.97. The van der Waals surface area contributed by atoms with Crippen LogP contribution >= 0.6 is 11.3 Å². The summed E-state index contributed by atoms with van der Waals surface area (Å²) in [4.78, 5) is 8.48. The Morgan fingerprint density at radius 3 is 3.15 bits per heavy atom. The van der Waals surface area contributed by atoms with Gasteiger partial charge in [0.2, 0.25) is 0 Å². The summed E-state index contributed by atoms with van der Waals surface area (Å²) in [6.45, 7) is 0. The van der Waals surface area contributed by atoms with Crippen LogP contribution in [-0.4, -0.2) is 9.97 Å². The van der Waals surface area contributed by atoms with E-state index in [0.29, 0.717) is 0 Å². The second-order valence-electron chi connectivity index (χ2n) is 2.84. The molecule has 0 saturated carbocycles. The molecule has 13 heavy (non-hydrogen) atoms. The van der Waals surface area contributed by atoms with Gasteiger partial charge in [0.1, 0.15) is 0 Å². The largest absolute Gasteiger partial charge is 0.237 e. The van der Waals surface area contributed by atoms with Crippen molar-refractivity contribution < 1.29 is 0 Å². The summed E-state index contributed by atoms with van der Waals surface area (Å²) in [6.07, 6.45) is 3.65. The average molecular weight is 186 g/mol. The van der Waals surface area contributed by atoms with Gasteiger partial charge in [-0.3, -0.25) is 0 Å². The third kappa shape index (κ3) is 0.939. The minimum atomic E-state index is 0.831. The van der Waals surface area contributed by atoms with E-state index in [2.05, 4.69) is 27.5 Å². The van der Waals surface area contributed by atoms with Crippen LogP contribution in [0.1, 0.15) is 0 Å². The zero-order valence-electron chi connectivity index (χ0n) is 6.77. The van der Waals surface area contributed by atoms with Gasteiger partial charge in [0.05, 0.1) is 0 Å². The Morgan fingerprint density at radius 2 is 2.15 bits per heavy atom. The SMILES string of the molecule is c1cnc2ncc3ccsc3c2c1. The van der Waals surface area contributed by atoms with Crippen LogP contribution in [0.4, 0.5) is 0 Å². The fourth-order valence-corrected chi connectivity index (χ4v) is 2.34. The lowest BCUT2D eigenvalue weighted by Gasteiger charge is -1.95. The molecule has 0 spiro atoms. The molecule has 0 unspecified atom stereocenters. The minimum absolute atomic E-state index is 0.831. The molecule has 3 heteroatoms. The number of hydrogen-bond donors (Lipinski definition) is 0. The lowest BCUT2D eigenvalue weighted by molar-refractivity contribution is 1.31. The Morgan fingerprint density at radius 1 is 1.15 bits per heavy atom. The maximum absolute atomic E-state index is 4.28. The van der Waals surface area contributed by atoms with Crippen LogP contribution in [-0.2, 0) is 0 Å². The van der Waals surface area contributed by atoms with Crippen LogP contribution in [0, 0.1) is 0 Å². The Balaban J connectivity index is 2.65. The zero-order chi connectivity index (χ0) is 8.67. The van der Waals surface area contributed by atoms with E-state index in [1.165, 1.54) is 10.1 Å². The van der Waals surface area contributed by atoms with E-state index in [1.807, 2.05) is 12.3 Å². The maximum Gasteiger partial charge on any atom is 0.160 e. The standard InChI is InChI=1S/C10H6N2S/c1-2-8-9-7(3-5-13-9)6-12-10(8)11-4-1/h1-6H. The first-order valence-electron chi connectivity index (χ1n) is 4.02. The van der Waals surface area contributed by atoms with Gasteiger partial charge in [0.15, 0.2) is 5.65 Å². The van der Waals surface area contributed by atoms with E-state index in [9.17, 15) is 0 Å². The maximum atomic E-state index is 4.28. The van der Waals surface area contributed by atoms with Crippen molar-refractivity contribution in [1.29, 1.82) is 0 Å². The monoisotopic (exact) mass is 186 g/mol. The number of fused-ring (bicyclic) bond motifs is 3. The molecule has 0 aliphatic carbocycles. The van der Waals surface area contributed by atoms with Gasteiger partial charge in [0, 0.05) is 27.9 Å². The van der Waals surface area contributed by atoms with Gasteiger partial charge in [0.25, 0.3) is 0 Å². The summed E-state index contributed by atoms with van der Waals surface area (Å²) in [6, 6.07) is 6.09. The molecule has 62 valence electrons. The Labute approximate surface area is 78.9 Å². The highest BCUT2D eigenvalue weighted by Gasteiger charge is 2.01. The fraction of sp³-hybridized carbons (Fsp3) is 0. The van der Waals surface area contributed by atoms with E-state index in [4.69, 9.17) is 0 Å². The second-order valence-corrected chi connectivity index (χ2v) is 3.75. The van der Waals surface area contributed by atoms with Crippen molar-refractivity contribution in [3.05, 3.63) is 36.0 Å². The molecule has 0 amide bonds. The molecule has 3 aromatic heterocycles.